The molecule has 36 heavy (non-hydrogen) atoms. The number of hydrogen-bond donors (Lipinski definition) is 3. The largest absolute Gasteiger partial charge is 0.490 e. The minimum atomic E-state index is -0.559. The molecule has 2 aromatic carbocycles. The minimum Gasteiger partial charge on any atom is -0.490 e. The van der Waals surface area contributed by atoms with E-state index >= 15 is 0 Å². The van der Waals surface area contributed by atoms with Crippen molar-refractivity contribution in [1.29, 1.82) is 0 Å². The smallest absolute Gasteiger partial charge is 0.252 e. The first-order valence-electron chi connectivity index (χ1n) is 12.7. The van der Waals surface area contributed by atoms with Crippen LogP contribution >= 0.6 is 0 Å². The lowest BCUT2D eigenvalue weighted by Crippen LogP contribution is -2.32. The lowest BCUT2D eigenvalue weighted by Gasteiger charge is -2.25. The third-order valence-corrected chi connectivity index (χ3v) is 6.77. The van der Waals surface area contributed by atoms with Gasteiger partial charge >= 0.3 is 0 Å². The molecule has 0 aliphatic carbocycles. The number of nitrogens with one attached hydrogen (secondary N) is 1. The van der Waals surface area contributed by atoms with Crippen LogP contribution in [0.2, 0.25) is 0 Å². The van der Waals surface area contributed by atoms with Crippen molar-refractivity contribution >= 4 is 28.2 Å². The third kappa shape index (κ3) is 5.24. The van der Waals surface area contributed by atoms with Crippen LogP contribution in [0.1, 0.15) is 55.1 Å². The fourth-order valence-corrected chi connectivity index (χ4v) is 5.04. The molecule has 0 unspecified atom stereocenters. The highest BCUT2D eigenvalue weighted by atomic mass is 16.5. The molecule has 0 saturated carbocycles. The number of benzene rings is 2. The van der Waals surface area contributed by atoms with Crippen LogP contribution in [0.5, 0.6) is 11.5 Å². The maximum Gasteiger partial charge on any atom is 0.252 e. The molecule has 3 aromatic rings. The summed E-state index contributed by atoms with van der Waals surface area (Å²) in [5.74, 6) is 0.639. The second kappa shape index (κ2) is 11.6. The topological polar surface area (TPSA) is 110 Å². The van der Waals surface area contributed by atoms with Gasteiger partial charge in [-0.05, 0) is 62.9 Å². The predicted octanol–water partition coefficient (Wildman–Crippen LogP) is 4.39. The van der Waals surface area contributed by atoms with Gasteiger partial charge in [0.05, 0.1) is 36.6 Å². The van der Waals surface area contributed by atoms with E-state index in [-0.39, 0.29) is 12.6 Å². The number of aromatic nitrogens is 1. The van der Waals surface area contributed by atoms with Crippen LogP contribution in [-0.2, 0) is 13.0 Å². The summed E-state index contributed by atoms with van der Waals surface area (Å²) in [7, 11) is 0. The quantitative estimate of drug-likeness (QED) is 0.364. The van der Waals surface area contributed by atoms with Crippen molar-refractivity contribution in [2.45, 2.75) is 52.6 Å². The van der Waals surface area contributed by atoms with Crippen molar-refractivity contribution in [1.82, 2.24) is 9.88 Å². The molecule has 0 radical (unpaired) electrons. The average molecular weight is 493 g/mol. The molecule has 0 bridgehead atoms. The van der Waals surface area contributed by atoms with Crippen LogP contribution in [0.4, 0.5) is 11.4 Å². The second-order valence-electron chi connectivity index (χ2n) is 8.96. The number of amides is 1. The van der Waals surface area contributed by atoms with Crippen molar-refractivity contribution in [2.75, 3.05) is 31.7 Å². The summed E-state index contributed by atoms with van der Waals surface area (Å²) in [6.07, 6.45) is 4.44. The molecule has 1 aliphatic rings. The number of hydrogen-bond acceptors (Lipinski definition) is 7. The Morgan fingerprint density at radius 3 is 2.61 bits per heavy atom. The zero-order valence-electron chi connectivity index (χ0n) is 21.3. The predicted molar refractivity (Wildman–Crippen MR) is 142 cm³/mol. The van der Waals surface area contributed by atoms with E-state index in [2.05, 4.69) is 28.2 Å². The number of aliphatic hydroxyl groups excluding tert-OH is 1. The number of aliphatic hydroxyl groups is 1. The van der Waals surface area contributed by atoms with E-state index in [1.54, 1.807) is 0 Å². The Morgan fingerprint density at radius 2 is 1.94 bits per heavy atom. The number of fused-ring (bicyclic) bond motifs is 1. The van der Waals surface area contributed by atoms with Gasteiger partial charge < -0.3 is 25.6 Å². The number of anilines is 2. The van der Waals surface area contributed by atoms with Gasteiger partial charge in [0, 0.05) is 35.9 Å². The van der Waals surface area contributed by atoms with E-state index in [4.69, 9.17) is 15.2 Å². The molecule has 1 aliphatic heterocycles. The van der Waals surface area contributed by atoms with Gasteiger partial charge in [-0.15, -0.1) is 0 Å². The molecule has 4 rings (SSSR count). The Hall–Kier alpha value is -3.36. The van der Waals surface area contributed by atoms with Crippen molar-refractivity contribution in [3.8, 4) is 11.5 Å². The van der Waals surface area contributed by atoms with Gasteiger partial charge in [0.15, 0.2) is 11.5 Å². The second-order valence-corrected chi connectivity index (χ2v) is 8.96. The molecule has 0 spiro atoms. The SMILES string of the molecule is CCOc1cc2ncc(C(N)=O)c(Nc3cccc(CN4CCC[C@@H]4CO)c3CC)c2cc1OCC. The highest BCUT2D eigenvalue weighted by Crippen LogP contribution is 2.38. The number of nitrogens with two attached hydrogens (primary N) is 1. The van der Waals surface area contributed by atoms with E-state index in [0.29, 0.717) is 41.5 Å². The molecule has 1 saturated heterocycles. The Morgan fingerprint density at radius 1 is 1.19 bits per heavy atom. The molecule has 1 aromatic heterocycles. The Bertz CT molecular complexity index is 1230. The molecule has 1 amide bonds. The summed E-state index contributed by atoms with van der Waals surface area (Å²) in [6, 6.07) is 10.1. The monoisotopic (exact) mass is 492 g/mol. The summed E-state index contributed by atoms with van der Waals surface area (Å²) in [5.41, 5.74) is 10.6. The number of carbonyl (C=O) groups excluding carboxylic acids is 1. The van der Waals surface area contributed by atoms with E-state index in [9.17, 15) is 9.90 Å². The highest BCUT2D eigenvalue weighted by Gasteiger charge is 2.25. The van der Waals surface area contributed by atoms with Crippen LogP contribution in [0.15, 0.2) is 36.5 Å². The molecule has 8 heteroatoms. The Balaban J connectivity index is 1.80. The van der Waals surface area contributed by atoms with Crippen molar-refractivity contribution in [3.63, 3.8) is 0 Å². The van der Waals surface area contributed by atoms with Crippen molar-refractivity contribution < 1.29 is 19.4 Å². The molecule has 1 fully saturated rings. The van der Waals surface area contributed by atoms with Gasteiger partial charge in [-0.3, -0.25) is 14.7 Å². The fourth-order valence-electron chi connectivity index (χ4n) is 5.04. The first-order valence-corrected chi connectivity index (χ1v) is 12.7. The summed E-state index contributed by atoms with van der Waals surface area (Å²) in [4.78, 5) is 19.2. The fraction of sp³-hybridized carbons (Fsp3) is 0.429. The van der Waals surface area contributed by atoms with E-state index < -0.39 is 5.91 Å². The molecule has 8 nitrogen and oxygen atoms in total. The lowest BCUT2D eigenvalue weighted by molar-refractivity contribution is 0.100. The Labute approximate surface area is 212 Å². The number of likely N-dealkylation sites (tertiary alicyclic amines) is 1. The molecule has 1 atom stereocenters. The number of nitrogens with zero attached hydrogens (tertiary/aromatic N) is 2. The van der Waals surface area contributed by atoms with Crippen LogP contribution in [0, 0.1) is 0 Å². The molecular formula is C28H36N4O4. The number of rotatable bonds is 11. The summed E-state index contributed by atoms with van der Waals surface area (Å²) in [5, 5.41) is 14.0. The van der Waals surface area contributed by atoms with Crippen LogP contribution in [0.25, 0.3) is 10.9 Å². The van der Waals surface area contributed by atoms with Crippen molar-refractivity contribution in [2.24, 2.45) is 5.73 Å². The van der Waals surface area contributed by atoms with E-state index in [0.717, 1.165) is 49.0 Å². The molecule has 192 valence electrons. The van der Waals surface area contributed by atoms with Crippen LogP contribution in [-0.4, -0.2) is 53.3 Å². The van der Waals surface area contributed by atoms with Gasteiger partial charge in [-0.2, -0.15) is 0 Å². The first-order chi connectivity index (χ1) is 17.5. The van der Waals surface area contributed by atoms with Crippen LogP contribution < -0.4 is 20.5 Å². The number of pyridine rings is 1. The minimum absolute atomic E-state index is 0.177. The van der Waals surface area contributed by atoms with Gasteiger partial charge in [-0.1, -0.05) is 19.1 Å². The van der Waals surface area contributed by atoms with Gasteiger partial charge in [-0.25, -0.2) is 0 Å². The molecule has 2 heterocycles. The zero-order chi connectivity index (χ0) is 25.7. The summed E-state index contributed by atoms with van der Waals surface area (Å²) in [6.45, 7) is 8.86. The summed E-state index contributed by atoms with van der Waals surface area (Å²) < 4.78 is 11.6. The lowest BCUT2D eigenvalue weighted by atomic mass is 10.0. The normalized spacial score (nSPS) is 15.8. The van der Waals surface area contributed by atoms with Crippen molar-refractivity contribution in [3.05, 3.63) is 53.2 Å². The van der Waals surface area contributed by atoms with Gasteiger partial charge in [0.25, 0.3) is 5.91 Å². The highest BCUT2D eigenvalue weighted by molar-refractivity contribution is 6.08. The number of primary amides is 1. The van der Waals surface area contributed by atoms with Gasteiger partial charge in [0.2, 0.25) is 0 Å². The zero-order valence-corrected chi connectivity index (χ0v) is 21.3. The maximum atomic E-state index is 12.4. The average Bonchev–Trinajstić information content (AvgIpc) is 3.32. The molecular weight excluding hydrogens is 456 g/mol. The standard InChI is InChI=1S/C28H36N4O4/c1-4-20-18(16-32-12-8-10-19(32)17-33)9-7-11-23(20)31-27-21-13-25(35-5-2)26(36-6-3)14-24(21)30-15-22(27)28(29)34/h7,9,11,13-15,19,33H,4-6,8,10,12,16-17H2,1-3H3,(H2,29,34)(H,30,31)/t19-/m1/s1. The van der Waals surface area contributed by atoms with Gasteiger partial charge in [0.1, 0.15) is 0 Å². The number of carbonyl (C=O) groups is 1. The third-order valence-electron chi connectivity index (χ3n) is 6.77. The summed E-state index contributed by atoms with van der Waals surface area (Å²) >= 11 is 0. The van der Waals surface area contributed by atoms with E-state index in [1.807, 2.05) is 38.1 Å². The maximum absolute atomic E-state index is 12.4. The van der Waals surface area contributed by atoms with E-state index in [1.165, 1.54) is 11.8 Å². The number of ether oxygens (including phenoxy) is 2. The molecule has 4 N–H and O–H groups in total. The Kier molecular flexibility index (Phi) is 8.28. The first kappa shape index (κ1) is 25.7. The van der Waals surface area contributed by atoms with Crippen LogP contribution in [0.3, 0.4) is 0 Å².